The SMILES string of the molecule is C/C(N)=C(/C=N)[N+](=O)[O-]. The summed E-state index contributed by atoms with van der Waals surface area (Å²) in [5.41, 5.74) is 4.73. The number of nitrogens with zero attached hydrogens (tertiary/aromatic N) is 1. The van der Waals surface area contributed by atoms with E-state index in [1.807, 2.05) is 0 Å². The molecule has 0 aromatic heterocycles. The van der Waals surface area contributed by atoms with E-state index < -0.39 is 4.92 Å². The maximum atomic E-state index is 9.89. The van der Waals surface area contributed by atoms with Gasteiger partial charge in [0.25, 0.3) is 0 Å². The van der Waals surface area contributed by atoms with Crippen molar-refractivity contribution in [2.75, 3.05) is 0 Å². The van der Waals surface area contributed by atoms with Gasteiger partial charge >= 0.3 is 5.70 Å². The van der Waals surface area contributed by atoms with E-state index in [4.69, 9.17) is 11.1 Å². The van der Waals surface area contributed by atoms with Gasteiger partial charge in [-0.15, -0.1) is 0 Å². The summed E-state index contributed by atoms with van der Waals surface area (Å²) in [5, 5.41) is 16.4. The van der Waals surface area contributed by atoms with Gasteiger partial charge in [0.05, 0.1) is 16.8 Å². The van der Waals surface area contributed by atoms with E-state index in [0.29, 0.717) is 6.21 Å². The van der Waals surface area contributed by atoms with Gasteiger partial charge in [-0.25, -0.2) is 0 Å². The molecule has 0 aliphatic rings. The lowest BCUT2D eigenvalue weighted by molar-refractivity contribution is -0.415. The van der Waals surface area contributed by atoms with E-state index in [2.05, 4.69) is 0 Å². The molecule has 0 saturated carbocycles. The molecule has 0 spiro atoms. The zero-order chi connectivity index (χ0) is 7.44. The first-order chi connectivity index (χ1) is 4.09. The molecule has 0 rings (SSSR count). The van der Waals surface area contributed by atoms with Crippen LogP contribution in [0.25, 0.3) is 0 Å². The van der Waals surface area contributed by atoms with Crippen LogP contribution in [-0.2, 0) is 0 Å². The quantitative estimate of drug-likeness (QED) is 0.314. The monoisotopic (exact) mass is 129 g/mol. The van der Waals surface area contributed by atoms with E-state index in [9.17, 15) is 10.1 Å². The van der Waals surface area contributed by atoms with Crippen LogP contribution >= 0.6 is 0 Å². The van der Waals surface area contributed by atoms with Crippen molar-refractivity contribution in [3.05, 3.63) is 21.5 Å². The van der Waals surface area contributed by atoms with Gasteiger partial charge in [0.1, 0.15) is 0 Å². The van der Waals surface area contributed by atoms with Crippen LogP contribution in [0.5, 0.6) is 0 Å². The third kappa shape index (κ3) is 1.89. The highest BCUT2D eigenvalue weighted by atomic mass is 16.6. The molecular weight excluding hydrogens is 122 g/mol. The van der Waals surface area contributed by atoms with Crippen LogP contribution in [0.15, 0.2) is 11.4 Å². The second kappa shape index (κ2) is 2.81. The van der Waals surface area contributed by atoms with Crippen molar-refractivity contribution >= 4 is 6.21 Å². The van der Waals surface area contributed by atoms with Crippen LogP contribution in [-0.4, -0.2) is 11.1 Å². The molecule has 0 atom stereocenters. The summed E-state index contributed by atoms with van der Waals surface area (Å²) in [6.07, 6.45) is 0.620. The summed E-state index contributed by atoms with van der Waals surface area (Å²) >= 11 is 0. The molecule has 5 heteroatoms. The summed E-state index contributed by atoms with van der Waals surface area (Å²) < 4.78 is 0. The van der Waals surface area contributed by atoms with Crippen molar-refractivity contribution in [3.8, 4) is 0 Å². The Hall–Kier alpha value is -1.39. The second-order valence-electron chi connectivity index (χ2n) is 1.47. The minimum Gasteiger partial charge on any atom is -0.397 e. The van der Waals surface area contributed by atoms with Crippen LogP contribution in [0, 0.1) is 15.5 Å². The maximum Gasteiger partial charge on any atom is 0.304 e. The fourth-order valence-electron chi connectivity index (χ4n) is 0.311. The van der Waals surface area contributed by atoms with Crippen LogP contribution < -0.4 is 5.73 Å². The Morgan fingerprint density at radius 1 is 1.89 bits per heavy atom. The fraction of sp³-hybridized carbons (Fsp3) is 0.250. The lowest BCUT2D eigenvalue weighted by Gasteiger charge is -1.89. The van der Waals surface area contributed by atoms with Crippen molar-refractivity contribution in [2.24, 2.45) is 5.73 Å². The minimum absolute atomic E-state index is 0.0509. The Bertz CT molecular complexity index is 169. The van der Waals surface area contributed by atoms with Gasteiger partial charge in [0, 0.05) is 0 Å². The lowest BCUT2D eigenvalue weighted by Crippen LogP contribution is -2.07. The second-order valence-corrected chi connectivity index (χ2v) is 1.47. The highest BCUT2D eigenvalue weighted by Crippen LogP contribution is 1.93. The predicted octanol–water partition coefficient (Wildman–Crippen LogP) is 0.103. The van der Waals surface area contributed by atoms with Gasteiger partial charge in [-0.3, -0.25) is 10.1 Å². The topological polar surface area (TPSA) is 93.0 Å². The first-order valence-corrected chi connectivity index (χ1v) is 2.20. The van der Waals surface area contributed by atoms with Crippen molar-refractivity contribution < 1.29 is 4.92 Å². The molecule has 0 aromatic carbocycles. The van der Waals surface area contributed by atoms with E-state index in [0.717, 1.165) is 0 Å². The molecule has 0 unspecified atom stereocenters. The summed E-state index contributed by atoms with van der Waals surface area (Å²) in [5.74, 6) is 0. The molecule has 0 aliphatic heterocycles. The normalized spacial score (nSPS) is 12.1. The number of nitrogens with two attached hydrogens (primary N) is 1. The molecule has 0 saturated heterocycles. The van der Waals surface area contributed by atoms with Crippen molar-refractivity contribution in [1.29, 1.82) is 5.41 Å². The van der Waals surface area contributed by atoms with E-state index in [1.165, 1.54) is 6.92 Å². The predicted molar refractivity (Wildman–Crippen MR) is 32.7 cm³/mol. The molecule has 0 bridgehead atoms. The largest absolute Gasteiger partial charge is 0.397 e. The zero-order valence-corrected chi connectivity index (χ0v) is 4.92. The number of nitrogens with one attached hydrogen (secondary N) is 1. The first-order valence-electron chi connectivity index (χ1n) is 2.20. The summed E-state index contributed by atoms with van der Waals surface area (Å²) in [7, 11) is 0. The number of nitro groups is 1. The zero-order valence-electron chi connectivity index (χ0n) is 4.92. The van der Waals surface area contributed by atoms with Crippen molar-refractivity contribution in [2.45, 2.75) is 6.92 Å². The molecule has 0 amide bonds. The Kier molecular flexibility index (Phi) is 2.37. The number of allylic oxidation sites excluding steroid dienone is 2. The molecule has 0 heterocycles. The molecule has 0 aliphatic carbocycles. The van der Waals surface area contributed by atoms with Crippen LogP contribution in [0.2, 0.25) is 0 Å². The molecular formula is C4H7N3O2. The third-order valence-corrected chi connectivity index (χ3v) is 0.737. The van der Waals surface area contributed by atoms with Gasteiger partial charge in [-0.05, 0) is 6.92 Å². The molecule has 5 nitrogen and oxygen atoms in total. The number of rotatable bonds is 2. The molecule has 0 aromatic rings. The van der Waals surface area contributed by atoms with Crippen LogP contribution in [0.1, 0.15) is 6.92 Å². The van der Waals surface area contributed by atoms with Gasteiger partial charge in [0.15, 0.2) is 0 Å². The van der Waals surface area contributed by atoms with Gasteiger partial charge in [-0.1, -0.05) is 0 Å². The average molecular weight is 129 g/mol. The maximum absolute atomic E-state index is 9.89. The number of hydrogen-bond donors (Lipinski definition) is 2. The fourth-order valence-corrected chi connectivity index (χ4v) is 0.311. The standard InChI is InChI=1S/C4H7N3O2/c1-3(6)4(2-5)7(8)9/h2,5H,6H2,1H3/b4-3+,5-2?. The summed E-state index contributed by atoms with van der Waals surface area (Å²) in [4.78, 5) is 9.20. The Morgan fingerprint density at radius 3 is 2.33 bits per heavy atom. The van der Waals surface area contributed by atoms with E-state index in [1.54, 1.807) is 0 Å². The molecule has 3 N–H and O–H groups in total. The molecule has 0 radical (unpaired) electrons. The molecule has 50 valence electrons. The highest BCUT2D eigenvalue weighted by molar-refractivity contribution is 5.73. The third-order valence-electron chi connectivity index (χ3n) is 0.737. The highest BCUT2D eigenvalue weighted by Gasteiger charge is 2.07. The Labute approximate surface area is 51.8 Å². The summed E-state index contributed by atoms with van der Waals surface area (Å²) in [6.45, 7) is 1.38. The summed E-state index contributed by atoms with van der Waals surface area (Å²) in [6, 6.07) is 0. The van der Waals surface area contributed by atoms with Gasteiger partial charge in [-0.2, -0.15) is 0 Å². The number of hydrogen-bond acceptors (Lipinski definition) is 4. The average Bonchev–Trinajstić information content (AvgIpc) is 1.64. The van der Waals surface area contributed by atoms with Gasteiger partial charge < -0.3 is 11.1 Å². The Morgan fingerprint density at radius 2 is 2.33 bits per heavy atom. The van der Waals surface area contributed by atoms with Crippen LogP contribution in [0.4, 0.5) is 0 Å². The lowest BCUT2D eigenvalue weighted by atomic mass is 10.4. The molecule has 0 fully saturated rings. The van der Waals surface area contributed by atoms with E-state index in [-0.39, 0.29) is 11.4 Å². The van der Waals surface area contributed by atoms with Crippen molar-refractivity contribution in [1.82, 2.24) is 0 Å². The van der Waals surface area contributed by atoms with E-state index >= 15 is 0 Å². The molecule has 9 heavy (non-hydrogen) atoms. The Balaban J connectivity index is 4.55. The smallest absolute Gasteiger partial charge is 0.304 e. The van der Waals surface area contributed by atoms with Crippen LogP contribution in [0.3, 0.4) is 0 Å². The minimum atomic E-state index is -0.692. The van der Waals surface area contributed by atoms with Crippen molar-refractivity contribution in [3.63, 3.8) is 0 Å². The first kappa shape index (κ1) is 7.61. The van der Waals surface area contributed by atoms with Gasteiger partial charge in [0.2, 0.25) is 0 Å².